The zero-order valence-corrected chi connectivity index (χ0v) is 13.3. The number of aromatic nitrogens is 2. The molecule has 0 aliphatic carbocycles. The Morgan fingerprint density at radius 2 is 1.46 bits per heavy atom. The molecular formula is C21H16N2O. The summed E-state index contributed by atoms with van der Waals surface area (Å²) in [6, 6.07) is 24.2. The van der Waals surface area contributed by atoms with E-state index in [1.807, 2.05) is 60.8 Å². The summed E-state index contributed by atoms with van der Waals surface area (Å²) in [6.07, 6.45) is 1.88. The van der Waals surface area contributed by atoms with Crippen molar-refractivity contribution < 1.29 is 4.74 Å². The predicted octanol–water partition coefficient (Wildman–Crippen LogP) is 4.97. The van der Waals surface area contributed by atoms with Gasteiger partial charge in [-0.2, -0.15) is 0 Å². The number of hydrogen-bond acceptors (Lipinski definition) is 3. The van der Waals surface area contributed by atoms with Gasteiger partial charge in [0, 0.05) is 17.1 Å². The third-order valence-corrected chi connectivity index (χ3v) is 4.05. The molecule has 0 N–H and O–H groups in total. The molecule has 0 fully saturated rings. The molecule has 116 valence electrons. The molecule has 0 spiro atoms. The van der Waals surface area contributed by atoms with Crippen LogP contribution in [0.25, 0.3) is 33.4 Å². The SMILES string of the molecule is COc1ccc(-c2ccc(-c3ccc4ccccc4n3)nc2)cc1. The summed E-state index contributed by atoms with van der Waals surface area (Å²) in [5.74, 6) is 0.851. The molecule has 0 atom stereocenters. The second-order valence-electron chi connectivity index (χ2n) is 5.55. The first-order chi connectivity index (χ1) is 11.8. The highest BCUT2D eigenvalue weighted by Crippen LogP contribution is 2.24. The highest BCUT2D eigenvalue weighted by atomic mass is 16.5. The van der Waals surface area contributed by atoms with Crippen LogP contribution in [-0.2, 0) is 0 Å². The molecule has 24 heavy (non-hydrogen) atoms. The van der Waals surface area contributed by atoms with Gasteiger partial charge in [0.2, 0.25) is 0 Å². The molecule has 3 nitrogen and oxygen atoms in total. The standard InChI is InChI=1S/C21H16N2O/c1-24-18-10-6-15(7-11-18)17-9-12-20(22-14-17)21-13-8-16-4-2-3-5-19(16)23-21/h2-14H,1H3. The first-order valence-corrected chi connectivity index (χ1v) is 7.80. The van der Waals surface area contributed by atoms with Gasteiger partial charge in [-0.05, 0) is 35.9 Å². The second-order valence-corrected chi connectivity index (χ2v) is 5.55. The van der Waals surface area contributed by atoms with E-state index in [2.05, 4.69) is 23.2 Å². The van der Waals surface area contributed by atoms with Crippen molar-refractivity contribution in [1.82, 2.24) is 9.97 Å². The molecule has 0 aliphatic heterocycles. The summed E-state index contributed by atoms with van der Waals surface area (Å²) in [7, 11) is 1.67. The minimum atomic E-state index is 0.851. The number of nitrogens with zero attached hydrogens (tertiary/aromatic N) is 2. The molecule has 4 aromatic rings. The van der Waals surface area contributed by atoms with Gasteiger partial charge in [-0.3, -0.25) is 4.98 Å². The van der Waals surface area contributed by atoms with E-state index in [0.717, 1.165) is 39.2 Å². The molecule has 0 bridgehead atoms. The number of rotatable bonds is 3. The first kappa shape index (κ1) is 14.4. The summed E-state index contributed by atoms with van der Waals surface area (Å²) >= 11 is 0. The average molecular weight is 312 g/mol. The van der Waals surface area contributed by atoms with Crippen molar-refractivity contribution in [2.75, 3.05) is 7.11 Å². The summed E-state index contributed by atoms with van der Waals surface area (Å²) in [6.45, 7) is 0. The number of ether oxygens (including phenoxy) is 1. The van der Waals surface area contributed by atoms with Gasteiger partial charge in [-0.15, -0.1) is 0 Å². The van der Waals surface area contributed by atoms with Gasteiger partial charge >= 0.3 is 0 Å². The third kappa shape index (κ3) is 2.72. The quantitative estimate of drug-likeness (QED) is 0.535. The Balaban J connectivity index is 1.66. The zero-order valence-electron chi connectivity index (χ0n) is 13.3. The van der Waals surface area contributed by atoms with E-state index < -0.39 is 0 Å². The smallest absolute Gasteiger partial charge is 0.118 e. The molecule has 2 heterocycles. The van der Waals surface area contributed by atoms with Crippen LogP contribution in [0.2, 0.25) is 0 Å². The average Bonchev–Trinajstić information content (AvgIpc) is 2.68. The maximum Gasteiger partial charge on any atom is 0.118 e. The van der Waals surface area contributed by atoms with E-state index in [4.69, 9.17) is 9.72 Å². The van der Waals surface area contributed by atoms with Gasteiger partial charge < -0.3 is 4.74 Å². The molecule has 0 amide bonds. The lowest BCUT2D eigenvalue weighted by Crippen LogP contribution is -1.89. The third-order valence-electron chi connectivity index (χ3n) is 4.05. The summed E-state index contributed by atoms with van der Waals surface area (Å²) in [5, 5.41) is 1.14. The molecule has 4 rings (SSSR count). The first-order valence-electron chi connectivity index (χ1n) is 7.80. The summed E-state index contributed by atoms with van der Waals surface area (Å²) in [5.41, 5.74) is 4.92. The van der Waals surface area contributed by atoms with E-state index in [1.165, 1.54) is 0 Å². The summed E-state index contributed by atoms with van der Waals surface area (Å²) in [4.78, 5) is 9.27. The Morgan fingerprint density at radius 1 is 0.708 bits per heavy atom. The number of fused-ring (bicyclic) bond motifs is 1. The van der Waals surface area contributed by atoms with Crippen LogP contribution in [0.1, 0.15) is 0 Å². The van der Waals surface area contributed by atoms with Gasteiger partial charge in [-0.25, -0.2) is 4.98 Å². The Kier molecular flexibility index (Phi) is 3.67. The topological polar surface area (TPSA) is 35.0 Å². The van der Waals surface area contributed by atoms with Crippen LogP contribution in [0, 0.1) is 0 Å². The van der Waals surface area contributed by atoms with Gasteiger partial charge in [0.05, 0.1) is 24.0 Å². The number of hydrogen-bond donors (Lipinski definition) is 0. The zero-order chi connectivity index (χ0) is 16.4. The number of methoxy groups -OCH3 is 1. The Morgan fingerprint density at radius 3 is 2.21 bits per heavy atom. The van der Waals surface area contributed by atoms with Crippen molar-refractivity contribution in [3.8, 4) is 28.3 Å². The van der Waals surface area contributed by atoms with E-state index in [9.17, 15) is 0 Å². The number of benzene rings is 2. The maximum absolute atomic E-state index is 5.19. The van der Waals surface area contributed by atoms with Crippen molar-refractivity contribution >= 4 is 10.9 Å². The number of para-hydroxylation sites is 1. The van der Waals surface area contributed by atoms with Crippen LogP contribution < -0.4 is 4.74 Å². The summed E-state index contributed by atoms with van der Waals surface area (Å²) < 4.78 is 5.19. The van der Waals surface area contributed by atoms with Crippen molar-refractivity contribution in [2.45, 2.75) is 0 Å². The van der Waals surface area contributed by atoms with Crippen molar-refractivity contribution in [3.05, 3.63) is 79.0 Å². The highest BCUT2D eigenvalue weighted by molar-refractivity contribution is 5.81. The molecule has 3 heteroatoms. The van der Waals surface area contributed by atoms with E-state index >= 15 is 0 Å². The van der Waals surface area contributed by atoms with Crippen LogP contribution in [0.4, 0.5) is 0 Å². The van der Waals surface area contributed by atoms with Crippen LogP contribution in [0.15, 0.2) is 79.0 Å². The maximum atomic E-state index is 5.19. The molecule has 0 aliphatic rings. The molecule has 0 unspecified atom stereocenters. The van der Waals surface area contributed by atoms with Crippen LogP contribution >= 0.6 is 0 Å². The van der Waals surface area contributed by atoms with Crippen molar-refractivity contribution in [3.63, 3.8) is 0 Å². The van der Waals surface area contributed by atoms with Gasteiger partial charge in [0.25, 0.3) is 0 Å². The molecule has 0 saturated carbocycles. The fourth-order valence-corrected chi connectivity index (χ4v) is 2.71. The predicted molar refractivity (Wildman–Crippen MR) is 97.0 cm³/mol. The number of pyridine rings is 2. The molecule has 2 aromatic heterocycles. The van der Waals surface area contributed by atoms with Crippen molar-refractivity contribution in [2.24, 2.45) is 0 Å². The second kappa shape index (κ2) is 6.13. The largest absolute Gasteiger partial charge is 0.497 e. The Labute approximate surface area is 140 Å². The fourth-order valence-electron chi connectivity index (χ4n) is 2.71. The normalized spacial score (nSPS) is 10.7. The van der Waals surface area contributed by atoms with Gasteiger partial charge in [-0.1, -0.05) is 42.5 Å². The van der Waals surface area contributed by atoms with Crippen molar-refractivity contribution in [1.29, 1.82) is 0 Å². The lowest BCUT2D eigenvalue weighted by molar-refractivity contribution is 0.415. The molecule has 2 aromatic carbocycles. The van der Waals surface area contributed by atoms with Gasteiger partial charge in [0.1, 0.15) is 5.75 Å². The lowest BCUT2D eigenvalue weighted by atomic mass is 10.1. The van der Waals surface area contributed by atoms with Crippen LogP contribution in [-0.4, -0.2) is 17.1 Å². The van der Waals surface area contributed by atoms with Crippen LogP contribution in [0.5, 0.6) is 5.75 Å². The van der Waals surface area contributed by atoms with E-state index in [1.54, 1.807) is 7.11 Å². The molecular weight excluding hydrogens is 296 g/mol. The Bertz CT molecular complexity index is 977. The molecule has 0 radical (unpaired) electrons. The highest BCUT2D eigenvalue weighted by Gasteiger charge is 2.04. The van der Waals surface area contributed by atoms with Gasteiger partial charge in [0.15, 0.2) is 0 Å². The Hall–Kier alpha value is -3.20. The van der Waals surface area contributed by atoms with Crippen LogP contribution in [0.3, 0.4) is 0 Å². The minimum Gasteiger partial charge on any atom is -0.497 e. The van der Waals surface area contributed by atoms with E-state index in [0.29, 0.717) is 0 Å². The minimum absolute atomic E-state index is 0.851. The fraction of sp³-hybridized carbons (Fsp3) is 0.0476. The molecule has 0 saturated heterocycles. The monoisotopic (exact) mass is 312 g/mol. The van der Waals surface area contributed by atoms with E-state index in [-0.39, 0.29) is 0 Å². The lowest BCUT2D eigenvalue weighted by Gasteiger charge is -2.06.